The number of aliphatic hydroxyl groups excluding tert-OH is 1. The summed E-state index contributed by atoms with van der Waals surface area (Å²) in [6.45, 7) is 5.39. The summed E-state index contributed by atoms with van der Waals surface area (Å²) in [6.07, 6.45) is 0.633. The number of anilines is 1. The van der Waals surface area contributed by atoms with Gasteiger partial charge < -0.3 is 15.3 Å². The highest BCUT2D eigenvalue weighted by molar-refractivity contribution is 6.31. The van der Waals surface area contributed by atoms with Crippen LogP contribution in [0.25, 0.3) is 0 Å². The van der Waals surface area contributed by atoms with E-state index in [4.69, 9.17) is 11.6 Å². The van der Waals surface area contributed by atoms with Gasteiger partial charge in [0, 0.05) is 35.9 Å². The van der Waals surface area contributed by atoms with Crippen molar-refractivity contribution in [3.63, 3.8) is 0 Å². The second-order valence-electron chi connectivity index (χ2n) is 4.41. The van der Waals surface area contributed by atoms with Crippen molar-refractivity contribution in [2.45, 2.75) is 26.0 Å². The molecule has 1 fully saturated rings. The zero-order chi connectivity index (χ0) is 12.3. The minimum atomic E-state index is -0.207. The molecule has 1 atom stereocenters. The number of rotatable bonds is 4. The van der Waals surface area contributed by atoms with Crippen LogP contribution in [0.4, 0.5) is 5.69 Å². The molecule has 1 aliphatic heterocycles. The Labute approximate surface area is 107 Å². The second kappa shape index (κ2) is 5.71. The highest BCUT2D eigenvalue weighted by atomic mass is 35.5. The molecule has 17 heavy (non-hydrogen) atoms. The Balaban J connectivity index is 2.22. The Morgan fingerprint density at radius 2 is 2.35 bits per heavy atom. The summed E-state index contributed by atoms with van der Waals surface area (Å²) in [5, 5.41) is 13.7. The molecule has 0 spiro atoms. The molecule has 2 rings (SSSR count). The molecule has 0 saturated carbocycles. The summed E-state index contributed by atoms with van der Waals surface area (Å²) in [6, 6.07) is 5.97. The zero-order valence-electron chi connectivity index (χ0n) is 10.1. The molecule has 0 radical (unpaired) electrons. The fraction of sp³-hybridized carbons (Fsp3) is 0.538. The average molecular weight is 255 g/mol. The minimum Gasteiger partial charge on any atom is -0.391 e. The molecule has 0 aromatic heterocycles. The number of hydrogen-bond acceptors (Lipinski definition) is 3. The first-order chi connectivity index (χ1) is 8.22. The molecular formula is C13H19ClN2O. The normalized spacial score (nSPS) is 19.9. The van der Waals surface area contributed by atoms with Crippen molar-refractivity contribution < 1.29 is 5.11 Å². The van der Waals surface area contributed by atoms with Crippen LogP contribution >= 0.6 is 11.6 Å². The first-order valence-corrected chi connectivity index (χ1v) is 6.51. The molecular weight excluding hydrogens is 236 g/mol. The van der Waals surface area contributed by atoms with Crippen molar-refractivity contribution in [3.8, 4) is 0 Å². The summed E-state index contributed by atoms with van der Waals surface area (Å²) in [5.74, 6) is 0. The summed E-state index contributed by atoms with van der Waals surface area (Å²) in [7, 11) is 0. The van der Waals surface area contributed by atoms with E-state index in [0.29, 0.717) is 6.54 Å². The molecule has 1 aliphatic rings. The largest absolute Gasteiger partial charge is 0.391 e. The van der Waals surface area contributed by atoms with E-state index in [0.717, 1.165) is 42.3 Å². The number of β-amino-alcohol motifs (C(OH)–C–C–N with tert-alkyl or cyclic N) is 1. The van der Waals surface area contributed by atoms with E-state index in [2.05, 4.69) is 23.2 Å². The van der Waals surface area contributed by atoms with Crippen LogP contribution in [0.3, 0.4) is 0 Å². The first kappa shape index (κ1) is 12.7. The topological polar surface area (TPSA) is 35.5 Å². The van der Waals surface area contributed by atoms with E-state index in [-0.39, 0.29) is 6.10 Å². The molecule has 4 heteroatoms. The van der Waals surface area contributed by atoms with E-state index in [9.17, 15) is 5.11 Å². The Morgan fingerprint density at radius 3 is 3.00 bits per heavy atom. The third-order valence-electron chi connectivity index (χ3n) is 3.15. The van der Waals surface area contributed by atoms with Gasteiger partial charge in [-0.2, -0.15) is 0 Å². The van der Waals surface area contributed by atoms with Crippen molar-refractivity contribution in [1.82, 2.24) is 5.32 Å². The van der Waals surface area contributed by atoms with E-state index in [1.807, 2.05) is 12.1 Å². The number of aliphatic hydroxyl groups is 1. The number of halogens is 1. The monoisotopic (exact) mass is 254 g/mol. The van der Waals surface area contributed by atoms with Gasteiger partial charge in [0.05, 0.1) is 6.10 Å². The summed E-state index contributed by atoms with van der Waals surface area (Å²) < 4.78 is 0. The molecule has 1 aromatic rings. The smallest absolute Gasteiger partial charge is 0.0731 e. The Morgan fingerprint density at radius 1 is 1.53 bits per heavy atom. The summed E-state index contributed by atoms with van der Waals surface area (Å²) in [5.41, 5.74) is 2.28. The van der Waals surface area contributed by atoms with Gasteiger partial charge in [0.15, 0.2) is 0 Å². The van der Waals surface area contributed by atoms with Gasteiger partial charge in [0.1, 0.15) is 0 Å². The van der Waals surface area contributed by atoms with Gasteiger partial charge in [-0.25, -0.2) is 0 Å². The molecule has 2 N–H and O–H groups in total. The van der Waals surface area contributed by atoms with Crippen molar-refractivity contribution >= 4 is 17.3 Å². The summed E-state index contributed by atoms with van der Waals surface area (Å²) >= 11 is 6.25. The van der Waals surface area contributed by atoms with E-state index in [1.165, 1.54) is 0 Å². The van der Waals surface area contributed by atoms with Gasteiger partial charge >= 0.3 is 0 Å². The molecule has 1 aromatic carbocycles. The molecule has 1 unspecified atom stereocenters. The Hall–Kier alpha value is -0.770. The van der Waals surface area contributed by atoms with Crippen LogP contribution in [0, 0.1) is 0 Å². The van der Waals surface area contributed by atoms with E-state index >= 15 is 0 Å². The van der Waals surface area contributed by atoms with Crippen LogP contribution < -0.4 is 10.2 Å². The molecule has 1 saturated heterocycles. The molecule has 94 valence electrons. The Kier molecular flexibility index (Phi) is 4.26. The SMILES string of the molecule is CCNCc1c(Cl)cccc1N1CCC(O)C1. The van der Waals surface area contributed by atoms with Gasteiger partial charge in [0.25, 0.3) is 0 Å². The van der Waals surface area contributed by atoms with Crippen LogP contribution in [0.2, 0.25) is 5.02 Å². The van der Waals surface area contributed by atoms with Gasteiger partial charge in [-0.3, -0.25) is 0 Å². The van der Waals surface area contributed by atoms with E-state index in [1.54, 1.807) is 0 Å². The molecule has 0 aliphatic carbocycles. The Bertz CT molecular complexity index is 384. The van der Waals surface area contributed by atoms with Crippen LogP contribution in [-0.4, -0.2) is 30.8 Å². The van der Waals surface area contributed by atoms with Gasteiger partial charge in [-0.1, -0.05) is 24.6 Å². The lowest BCUT2D eigenvalue weighted by atomic mass is 10.1. The number of nitrogens with zero attached hydrogens (tertiary/aromatic N) is 1. The van der Waals surface area contributed by atoms with Gasteiger partial charge in [0.2, 0.25) is 0 Å². The lowest BCUT2D eigenvalue weighted by molar-refractivity contribution is 0.198. The van der Waals surface area contributed by atoms with Crippen molar-refractivity contribution in [2.24, 2.45) is 0 Å². The van der Waals surface area contributed by atoms with Crippen LogP contribution in [-0.2, 0) is 6.54 Å². The van der Waals surface area contributed by atoms with E-state index < -0.39 is 0 Å². The van der Waals surface area contributed by atoms with Crippen LogP contribution in [0.15, 0.2) is 18.2 Å². The van der Waals surface area contributed by atoms with Gasteiger partial charge in [-0.15, -0.1) is 0 Å². The molecule has 3 nitrogen and oxygen atoms in total. The lowest BCUT2D eigenvalue weighted by Crippen LogP contribution is -2.24. The third kappa shape index (κ3) is 2.92. The van der Waals surface area contributed by atoms with Crippen LogP contribution in [0.5, 0.6) is 0 Å². The average Bonchev–Trinajstić information content (AvgIpc) is 2.74. The molecule has 0 amide bonds. The summed E-state index contributed by atoms with van der Waals surface area (Å²) in [4.78, 5) is 2.21. The second-order valence-corrected chi connectivity index (χ2v) is 4.81. The third-order valence-corrected chi connectivity index (χ3v) is 3.50. The maximum absolute atomic E-state index is 9.61. The highest BCUT2D eigenvalue weighted by Gasteiger charge is 2.22. The maximum Gasteiger partial charge on any atom is 0.0731 e. The fourth-order valence-electron chi connectivity index (χ4n) is 2.23. The van der Waals surface area contributed by atoms with Crippen molar-refractivity contribution in [2.75, 3.05) is 24.5 Å². The number of nitrogens with one attached hydrogen (secondary N) is 1. The maximum atomic E-state index is 9.61. The fourth-order valence-corrected chi connectivity index (χ4v) is 2.47. The van der Waals surface area contributed by atoms with Crippen molar-refractivity contribution in [1.29, 1.82) is 0 Å². The predicted molar refractivity (Wildman–Crippen MR) is 71.7 cm³/mol. The standard InChI is InChI=1S/C13H19ClN2O/c1-2-15-8-11-12(14)4-3-5-13(11)16-7-6-10(17)9-16/h3-5,10,15,17H,2,6-9H2,1H3. The predicted octanol–water partition coefficient (Wildman–Crippen LogP) is 2.02. The quantitative estimate of drug-likeness (QED) is 0.863. The number of benzene rings is 1. The van der Waals surface area contributed by atoms with Gasteiger partial charge in [-0.05, 0) is 25.1 Å². The first-order valence-electron chi connectivity index (χ1n) is 6.13. The highest BCUT2D eigenvalue weighted by Crippen LogP contribution is 2.29. The number of hydrogen-bond donors (Lipinski definition) is 2. The molecule has 1 heterocycles. The van der Waals surface area contributed by atoms with Crippen LogP contribution in [0.1, 0.15) is 18.9 Å². The minimum absolute atomic E-state index is 0.207. The van der Waals surface area contributed by atoms with Crippen molar-refractivity contribution in [3.05, 3.63) is 28.8 Å². The molecule has 0 bridgehead atoms. The zero-order valence-corrected chi connectivity index (χ0v) is 10.9. The lowest BCUT2D eigenvalue weighted by Gasteiger charge is -2.22.